The van der Waals surface area contributed by atoms with E-state index in [2.05, 4.69) is 170 Å². The summed E-state index contributed by atoms with van der Waals surface area (Å²) in [7, 11) is 0. The monoisotopic (exact) mass is 692 g/mol. The van der Waals surface area contributed by atoms with Crippen LogP contribution in [-0.4, -0.2) is 0 Å². The molecule has 0 N–H and O–H groups in total. The molecular weight excluding hydrogens is 665 g/mol. The van der Waals surface area contributed by atoms with Crippen molar-refractivity contribution in [3.63, 3.8) is 0 Å². The SMILES string of the molecule is c1ccc2c(-c3ccc4sc5ccc(-c6ccc7c(c6)c6ccccc6c6c7ccc7sc8ccccc8c76)cc5c4c3)c3ccccc3cc2c1. The van der Waals surface area contributed by atoms with Gasteiger partial charge in [-0.25, -0.2) is 0 Å². The van der Waals surface area contributed by atoms with Crippen molar-refractivity contribution >= 4 is 117 Å². The molecule has 0 fully saturated rings. The van der Waals surface area contributed by atoms with Gasteiger partial charge in [-0.3, -0.25) is 0 Å². The van der Waals surface area contributed by atoms with Crippen LogP contribution in [-0.2, 0) is 0 Å². The Morgan fingerprint density at radius 3 is 1.46 bits per heavy atom. The van der Waals surface area contributed by atoms with Gasteiger partial charge >= 0.3 is 0 Å². The molecule has 0 nitrogen and oxygen atoms in total. The maximum Gasteiger partial charge on any atom is 0.0362 e. The molecule has 12 rings (SSSR count). The minimum absolute atomic E-state index is 1.25. The molecular formula is C50H28S2. The molecule has 0 saturated heterocycles. The standard InChI is InChI=1S/C50H28S2/c1-3-11-34-31(9-1)25-32-10-2-4-12-35(32)48(34)33-19-23-46-43(28-33)42-27-30(18-22-45(42)51-46)29-17-20-37-39-21-24-47-50(40-15-7-8-16-44(40)52-47)49(39)38-14-6-5-13-36(38)41(37)26-29/h1-28H. The van der Waals surface area contributed by atoms with E-state index in [4.69, 9.17) is 0 Å². The quantitative estimate of drug-likeness (QED) is 0.125. The minimum Gasteiger partial charge on any atom is -0.135 e. The highest BCUT2D eigenvalue weighted by Gasteiger charge is 2.17. The summed E-state index contributed by atoms with van der Waals surface area (Å²) in [5.74, 6) is 0. The van der Waals surface area contributed by atoms with Crippen molar-refractivity contribution in [2.75, 3.05) is 0 Å². The number of hydrogen-bond donors (Lipinski definition) is 0. The lowest BCUT2D eigenvalue weighted by atomic mass is 9.90. The molecule has 0 spiro atoms. The number of hydrogen-bond acceptors (Lipinski definition) is 2. The molecule has 0 unspecified atom stereocenters. The third-order valence-corrected chi connectivity index (χ3v) is 13.5. The van der Waals surface area contributed by atoms with Gasteiger partial charge in [-0.05, 0) is 125 Å². The molecule has 52 heavy (non-hydrogen) atoms. The number of thiophene rings is 2. The third kappa shape index (κ3) is 4.02. The summed E-state index contributed by atoms with van der Waals surface area (Å²) in [5, 5.41) is 18.5. The van der Waals surface area contributed by atoms with E-state index in [1.165, 1.54) is 116 Å². The highest BCUT2D eigenvalue weighted by molar-refractivity contribution is 7.26. The van der Waals surface area contributed by atoms with Gasteiger partial charge in [0.2, 0.25) is 0 Å². The second kappa shape index (κ2) is 10.7. The lowest BCUT2D eigenvalue weighted by molar-refractivity contribution is 1.71. The Morgan fingerprint density at radius 1 is 0.250 bits per heavy atom. The first-order chi connectivity index (χ1) is 25.8. The van der Waals surface area contributed by atoms with E-state index in [1.807, 2.05) is 22.7 Å². The lowest BCUT2D eigenvalue weighted by Crippen LogP contribution is -1.86. The second-order valence-electron chi connectivity index (χ2n) is 14.0. The van der Waals surface area contributed by atoms with E-state index in [-0.39, 0.29) is 0 Å². The number of rotatable bonds is 2. The van der Waals surface area contributed by atoms with Crippen molar-refractivity contribution in [1.82, 2.24) is 0 Å². The van der Waals surface area contributed by atoms with E-state index in [0.29, 0.717) is 0 Å². The largest absolute Gasteiger partial charge is 0.135 e. The summed E-state index contributed by atoms with van der Waals surface area (Å²) in [6.45, 7) is 0. The van der Waals surface area contributed by atoms with Gasteiger partial charge in [-0.2, -0.15) is 0 Å². The normalized spacial score (nSPS) is 12.2. The second-order valence-corrected chi connectivity index (χ2v) is 16.2. The smallest absolute Gasteiger partial charge is 0.0362 e. The average molecular weight is 693 g/mol. The fourth-order valence-corrected chi connectivity index (χ4v) is 11.1. The van der Waals surface area contributed by atoms with Gasteiger partial charge in [0, 0.05) is 40.3 Å². The highest BCUT2D eigenvalue weighted by Crippen LogP contribution is 2.46. The molecule has 2 heterocycles. The van der Waals surface area contributed by atoms with Crippen LogP contribution in [0.2, 0.25) is 0 Å². The maximum atomic E-state index is 2.43. The fraction of sp³-hybridized carbons (Fsp3) is 0. The van der Waals surface area contributed by atoms with E-state index in [9.17, 15) is 0 Å². The first kappa shape index (κ1) is 28.6. The van der Waals surface area contributed by atoms with E-state index >= 15 is 0 Å². The van der Waals surface area contributed by atoms with Gasteiger partial charge in [0.05, 0.1) is 0 Å². The van der Waals surface area contributed by atoms with Crippen LogP contribution >= 0.6 is 22.7 Å². The average Bonchev–Trinajstić information content (AvgIpc) is 3.77. The Hall–Kier alpha value is -6.06. The summed E-state index contributed by atoms with van der Waals surface area (Å²) < 4.78 is 5.34. The Bertz CT molecular complexity index is 3390. The van der Waals surface area contributed by atoms with Crippen LogP contribution in [0, 0.1) is 0 Å². The summed E-state index contributed by atoms with van der Waals surface area (Å²) in [5.41, 5.74) is 5.07. The predicted molar refractivity (Wildman–Crippen MR) is 231 cm³/mol. The third-order valence-electron chi connectivity index (χ3n) is 11.2. The minimum atomic E-state index is 1.25. The zero-order valence-corrected chi connectivity index (χ0v) is 29.6. The van der Waals surface area contributed by atoms with Crippen molar-refractivity contribution in [2.45, 2.75) is 0 Å². The predicted octanol–water partition coefficient (Wildman–Crippen LogP) is 15.5. The van der Waals surface area contributed by atoms with Crippen LogP contribution in [0.1, 0.15) is 0 Å². The Labute approximate surface area is 307 Å². The van der Waals surface area contributed by atoms with Gasteiger partial charge in [0.15, 0.2) is 0 Å². The van der Waals surface area contributed by atoms with E-state index in [0.717, 1.165) is 0 Å². The van der Waals surface area contributed by atoms with E-state index < -0.39 is 0 Å². The number of benzene rings is 10. The molecule has 0 aliphatic heterocycles. The van der Waals surface area contributed by atoms with Crippen molar-refractivity contribution in [1.29, 1.82) is 0 Å². The first-order valence-electron chi connectivity index (χ1n) is 17.8. The molecule has 2 aromatic heterocycles. The molecule has 2 heteroatoms. The van der Waals surface area contributed by atoms with Crippen LogP contribution in [0.25, 0.3) is 116 Å². The number of fused-ring (bicyclic) bond motifs is 15. The molecule has 240 valence electrons. The molecule has 0 atom stereocenters. The molecule has 0 saturated carbocycles. The molecule has 0 amide bonds. The van der Waals surface area contributed by atoms with Gasteiger partial charge in [0.1, 0.15) is 0 Å². The summed E-state index contributed by atoms with van der Waals surface area (Å²) in [4.78, 5) is 0. The zero-order valence-electron chi connectivity index (χ0n) is 28.0. The highest BCUT2D eigenvalue weighted by atomic mass is 32.1. The Kier molecular flexibility index (Phi) is 5.90. The van der Waals surface area contributed by atoms with E-state index in [1.54, 1.807) is 0 Å². The molecule has 10 aromatic carbocycles. The van der Waals surface area contributed by atoms with Crippen LogP contribution in [0.15, 0.2) is 170 Å². The first-order valence-corrected chi connectivity index (χ1v) is 19.5. The molecule has 0 aliphatic rings. The van der Waals surface area contributed by atoms with Crippen LogP contribution in [0.5, 0.6) is 0 Å². The summed E-state index contributed by atoms with van der Waals surface area (Å²) in [6, 6.07) is 63.7. The Morgan fingerprint density at radius 2 is 0.712 bits per heavy atom. The fourth-order valence-electron chi connectivity index (χ4n) is 8.88. The van der Waals surface area contributed by atoms with Crippen molar-refractivity contribution < 1.29 is 0 Å². The maximum absolute atomic E-state index is 2.43. The summed E-state index contributed by atoms with van der Waals surface area (Å²) >= 11 is 3.78. The zero-order chi connectivity index (χ0) is 33.9. The van der Waals surface area contributed by atoms with Gasteiger partial charge in [-0.15, -0.1) is 22.7 Å². The molecule has 12 aromatic rings. The van der Waals surface area contributed by atoms with Gasteiger partial charge < -0.3 is 0 Å². The molecule has 0 aliphatic carbocycles. The van der Waals surface area contributed by atoms with Crippen LogP contribution in [0.4, 0.5) is 0 Å². The lowest BCUT2D eigenvalue weighted by Gasteiger charge is -2.13. The summed E-state index contributed by atoms with van der Waals surface area (Å²) in [6.07, 6.45) is 0. The Balaban J connectivity index is 1.07. The van der Waals surface area contributed by atoms with Crippen LogP contribution in [0.3, 0.4) is 0 Å². The topological polar surface area (TPSA) is 0 Å². The van der Waals surface area contributed by atoms with Crippen molar-refractivity contribution in [3.05, 3.63) is 170 Å². The van der Waals surface area contributed by atoms with Crippen molar-refractivity contribution in [3.8, 4) is 22.3 Å². The van der Waals surface area contributed by atoms with Crippen LogP contribution < -0.4 is 0 Å². The molecule has 0 radical (unpaired) electrons. The van der Waals surface area contributed by atoms with Gasteiger partial charge in [-0.1, -0.05) is 121 Å². The molecule has 0 bridgehead atoms. The van der Waals surface area contributed by atoms with Gasteiger partial charge in [0.25, 0.3) is 0 Å². The van der Waals surface area contributed by atoms with Crippen molar-refractivity contribution in [2.24, 2.45) is 0 Å².